The fourth-order valence-corrected chi connectivity index (χ4v) is 3.83. The predicted octanol–water partition coefficient (Wildman–Crippen LogP) is 6.40. The molecule has 0 fully saturated rings. The number of pyridine rings is 1. The summed E-state index contributed by atoms with van der Waals surface area (Å²) in [7, 11) is -0.787. The third-order valence-corrected chi connectivity index (χ3v) is 6.19. The third-order valence-electron chi connectivity index (χ3n) is 4.31. The highest BCUT2D eigenvalue weighted by Crippen LogP contribution is 2.43. The van der Waals surface area contributed by atoms with Crippen molar-refractivity contribution in [3.05, 3.63) is 46.2 Å². The summed E-state index contributed by atoms with van der Waals surface area (Å²) in [5, 5.41) is -0.0989. The van der Waals surface area contributed by atoms with Crippen molar-refractivity contribution in [1.82, 2.24) is 9.55 Å². The molecule has 5 nitrogen and oxygen atoms in total. The van der Waals surface area contributed by atoms with E-state index >= 15 is 0 Å². The highest BCUT2D eigenvalue weighted by Gasteiger charge is 2.37. The number of halogens is 5. The van der Waals surface area contributed by atoms with Crippen LogP contribution in [-0.2, 0) is 17.6 Å². The molecular formula is C20H22Cl2F3N3O2S. The fourth-order valence-electron chi connectivity index (χ4n) is 2.81. The topological polar surface area (TPSA) is 62.3 Å². The molecule has 170 valence electrons. The number of hydrogen-bond acceptors (Lipinski definition) is 4. The monoisotopic (exact) mass is 495 g/mol. The summed E-state index contributed by atoms with van der Waals surface area (Å²) < 4.78 is 54.1. The van der Waals surface area contributed by atoms with Crippen LogP contribution >= 0.6 is 33.2 Å². The highest BCUT2D eigenvalue weighted by molar-refractivity contribution is 8.32. The van der Waals surface area contributed by atoms with Gasteiger partial charge in [-0.05, 0) is 37.0 Å². The second-order valence-electron chi connectivity index (χ2n) is 7.78. The molecule has 0 saturated heterocycles. The zero-order chi connectivity index (χ0) is 23.0. The van der Waals surface area contributed by atoms with Crippen LogP contribution in [0.3, 0.4) is 0 Å². The lowest BCUT2D eigenvalue weighted by Gasteiger charge is -2.24. The van der Waals surface area contributed by atoms with Gasteiger partial charge in [0, 0.05) is 23.7 Å². The van der Waals surface area contributed by atoms with Gasteiger partial charge in [-0.15, -0.1) is 0 Å². The molecule has 0 aliphatic heterocycles. The van der Waals surface area contributed by atoms with Crippen LogP contribution in [-0.4, -0.2) is 40.7 Å². The molecule has 3 rings (SSSR count). The quantitative estimate of drug-likeness (QED) is 0.234. The molecule has 0 amide bonds. The minimum absolute atomic E-state index is 0.00416. The molecular weight excluding hydrogens is 474 g/mol. The van der Waals surface area contributed by atoms with Gasteiger partial charge >= 0.3 is 6.18 Å². The van der Waals surface area contributed by atoms with Gasteiger partial charge < -0.3 is 19.8 Å². The number of ether oxygens (including phenoxy) is 2. The zero-order valence-corrected chi connectivity index (χ0v) is 19.4. The van der Waals surface area contributed by atoms with Gasteiger partial charge in [-0.3, -0.25) is 0 Å². The lowest BCUT2D eigenvalue weighted by atomic mass is 10.2. The van der Waals surface area contributed by atoms with Crippen molar-refractivity contribution >= 4 is 50.0 Å². The molecule has 0 bridgehead atoms. The molecule has 2 heterocycles. The van der Waals surface area contributed by atoms with Crippen LogP contribution in [0.1, 0.15) is 5.56 Å². The van der Waals surface area contributed by atoms with Crippen molar-refractivity contribution in [2.24, 2.45) is 0 Å². The van der Waals surface area contributed by atoms with E-state index in [4.69, 9.17) is 38.4 Å². The van der Waals surface area contributed by atoms with E-state index in [-0.39, 0.29) is 39.4 Å². The number of anilines is 1. The molecule has 0 radical (unpaired) electrons. The van der Waals surface area contributed by atoms with Crippen molar-refractivity contribution in [1.29, 1.82) is 0 Å². The number of nitrogens with two attached hydrogens (primary N) is 1. The molecule has 31 heavy (non-hydrogen) atoms. The lowest BCUT2D eigenvalue weighted by molar-refractivity contribution is -0.136. The first kappa shape index (κ1) is 23.8. The Balaban J connectivity index is 2.04. The summed E-state index contributed by atoms with van der Waals surface area (Å²) in [5.74, 6) is 0.854. The van der Waals surface area contributed by atoms with Gasteiger partial charge in [0.05, 0.1) is 22.6 Å². The van der Waals surface area contributed by atoms with E-state index in [0.717, 1.165) is 11.9 Å². The van der Waals surface area contributed by atoms with Gasteiger partial charge in [0.2, 0.25) is 0 Å². The Hall–Kier alpha value is -1.81. The Labute approximate surface area is 189 Å². The number of hydrogen-bond donors (Lipinski definition) is 1. The number of alkyl halides is 3. The largest absolute Gasteiger partial charge is 0.455 e. The van der Waals surface area contributed by atoms with Crippen LogP contribution in [0.4, 0.5) is 18.9 Å². The first-order valence-corrected chi connectivity index (χ1v) is 12.9. The van der Waals surface area contributed by atoms with Crippen molar-refractivity contribution in [3.63, 3.8) is 0 Å². The van der Waals surface area contributed by atoms with Gasteiger partial charge in [-0.1, -0.05) is 23.2 Å². The summed E-state index contributed by atoms with van der Waals surface area (Å²) in [6, 6.07) is 5.67. The number of aromatic nitrogens is 2. The van der Waals surface area contributed by atoms with Crippen molar-refractivity contribution < 1.29 is 22.6 Å². The molecule has 0 aliphatic rings. The van der Waals surface area contributed by atoms with Crippen molar-refractivity contribution in [2.75, 3.05) is 36.9 Å². The standard InChI is InChI=1S/C20H22Cl2F3N3O2S/c1-31(2,3)7-6-29-11-28-10-13(20(23,24)25)18-16(9-17(22)27-19(18)28)30-15-5-4-12(26)8-14(15)21/h4-5,8-10H,6-7,11,26H2,1-3H3. The smallest absolute Gasteiger partial charge is 0.418 e. The first-order valence-electron chi connectivity index (χ1n) is 9.08. The van der Waals surface area contributed by atoms with Crippen LogP contribution < -0.4 is 10.5 Å². The highest BCUT2D eigenvalue weighted by atomic mass is 35.5. The van der Waals surface area contributed by atoms with E-state index in [1.54, 1.807) is 0 Å². The Bertz CT molecular complexity index is 1100. The molecule has 0 saturated carbocycles. The van der Waals surface area contributed by atoms with Gasteiger partial charge in [0.25, 0.3) is 0 Å². The van der Waals surface area contributed by atoms with E-state index in [0.29, 0.717) is 12.3 Å². The first-order chi connectivity index (χ1) is 14.3. The van der Waals surface area contributed by atoms with Gasteiger partial charge in [-0.25, -0.2) is 15.0 Å². The predicted molar refractivity (Wildman–Crippen MR) is 122 cm³/mol. The fraction of sp³-hybridized carbons (Fsp3) is 0.350. The minimum Gasteiger partial charge on any atom is -0.455 e. The summed E-state index contributed by atoms with van der Waals surface area (Å²) in [5.41, 5.74) is 5.16. The molecule has 0 unspecified atom stereocenters. The zero-order valence-electron chi connectivity index (χ0n) is 17.1. The molecule has 2 aromatic heterocycles. The number of fused-ring (bicyclic) bond motifs is 1. The van der Waals surface area contributed by atoms with Gasteiger partial charge in [0.15, 0.2) is 0 Å². The summed E-state index contributed by atoms with van der Waals surface area (Å²) in [4.78, 5) is 4.10. The van der Waals surface area contributed by atoms with Crippen LogP contribution in [0.5, 0.6) is 11.5 Å². The number of rotatable bonds is 7. The van der Waals surface area contributed by atoms with Crippen molar-refractivity contribution in [3.8, 4) is 11.5 Å². The molecule has 0 atom stereocenters. The van der Waals surface area contributed by atoms with E-state index < -0.39 is 21.8 Å². The molecule has 2 N–H and O–H groups in total. The molecule has 0 spiro atoms. The maximum atomic E-state index is 13.8. The molecule has 11 heteroatoms. The maximum absolute atomic E-state index is 13.8. The van der Waals surface area contributed by atoms with Crippen LogP contribution in [0.2, 0.25) is 10.2 Å². The average molecular weight is 496 g/mol. The van der Waals surface area contributed by atoms with E-state index in [2.05, 4.69) is 23.8 Å². The van der Waals surface area contributed by atoms with Crippen LogP contribution in [0.15, 0.2) is 30.5 Å². The Kier molecular flexibility index (Phi) is 6.90. The van der Waals surface area contributed by atoms with E-state index in [9.17, 15) is 13.2 Å². The average Bonchev–Trinajstić information content (AvgIpc) is 2.99. The summed E-state index contributed by atoms with van der Waals surface area (Å²) in [6.45, 7) is 0.322. The molecule has 0 aliphatic carbocycles. The maximum Gasteiger partial charge on any atom is 0.418 e. The Morgan fingerprint density at radius 2 is 1.84 bits per heavy atom. The SMILES string of the molecule is CS(C)(C)CCOCn1cc(C(F)(F)F)c2c(Oc3ccc(N)cc3Cl)cc(Cl)nc21. The second kappa shape index (κ2) is 8.97. The van der Waals surface area contributed by atoms with Crippen LogP contribution in [0, 0.1) is 0 Å². The Morgan fingerprint density at radius 3 is 2.45 bits per heavy atom. The van der Waals surface area contributed by atoms with Crippen LogP contribution in [0.25, 0.3) is 11.0 Å². The number of nitrogen functional groups attached to an aromatic ring is 1. The Morgan fingerprint density at radius 1 is 1.13 bits per heavy atom. The summed E-state index contributed by atoms with van der Waals surface area (Å²) in [6.07, 6.45) is 2.72. The van der Waals surface area contributed by atoms with E-state index in [1.807, 2.05) is 0 Å². The number of nitrogens with zero attached hydrogens (tertiary/aromatic N) is 2. The molecule has 1 aromatic carbocycles. The normalized spacial score (nSPS) is 13.0. The third kappa shape index (κ3) is 5.91. The lowest BCUT2D eigenvalue weighted by Crippen LogP contribution is -2.10. The summed E-state index contributed by atoms with van der Waals surface area (Å²) >= 11 is 12.2. The van der Waals surface area contributed by atoms with Gasteiger partial charge in [-0.2, -0.15) is 13.2 Å². The van der Waals surface area contributed by atoms with Gasteiger partial charge in [0.1, 0.15) is 29.0 Å². The molecule has 3 aromatic rings. The van der Waals surface area contributed by atoms with Crippen molar-refractivity contribution in [2.45, 2.75) is 12.9 Å². The van der Waals surface area contributed by atoms with E-state index in [1.165, 1.54) is 28.8 Å². The number of benzene rings is 1. The second-order valence-corrected chi connectivity index (χ2v) is 13.2. The minimum atomic E-state index is -4.64.